The van der Waals surface area contributed by atoms with Crippen LogP contribution in [0.25, 0.3) is 0 Å². The number of benzene rings is 1. The van der Waals surface area contributed by atoms with Crippen molar-refractivity contribution in [2.24, 2.45) is 0 Å². The second kappa shape index (κ2) is 5.49. The molecule has 1 aromatic carbocycles. The van der Waals surface area contributed by atoms with Crippen LogP contribution in [0.3, 0.4) is 0 Å². The lowest BCUT2D eigenvalue weighted by atomic mass is 10.1. The topological polar surface area (TPSA) is 60.2 Å². The molecule has 0 aliphatic rings. The average Bonchev–Trinajstić information content (AvgIpc) is 2.86. The van der Waals surface area contributed by atoms with Gasteiger partial charge in [-0.3, -0.25) is 0 Å². The Labute approximate surface area is 114 Å². The average molecular weight is 312 g/mol. The fraction of sp³-hybridized carbons (Fsp3) is 0.333. The van der Waals surface area contributed by atoms with Crippen molar-refractivity contribution in [2.45, 2.75) is 19.6 Å². The Morgan fingerprint density at radius 1 is 1.50 bits per heavy atom. The van der Waals surface area contributed by atoms with E-state index in [9.17, 15) is 5.11 Å². The maximum atomic E-state index is 10.4. The van der Waals surface area contributed by atoms with E-state index in [-0.39, 0.29) is 0 Å². The predicted octanol–water partition coefficient (Wildman–Crippen LogP) is 2.15. The molecule has 0 bridgehead atoms. The van der Waals surface area contributed by atoms with Crippen molar-refractivity contribution in [3.63, 3.8) is 0 Å². The van der Waals surface area contributed by atoms with Crippen molar-refractivity contribution >= 4 is 15.9 Å². The molecule has 1 unspecified atom stereocenters. The molecule has 0 aliphatic carbocycles. The van der Waals surface area contributed by atoms with E-state index in [0.29, 0.717) is 23.7 Å². The van der Waals surface area contributed by atoms with E-state index in [0.717, 1.165) is 4.47 Å². The number of aryl methyl sites for hydroxylation is 1. The summed E-state index contributed by atoms with van der Waals surface area (Å²) >= 11 is 3.42. The van der Waals surface area contributed by atoms with E-state index >= 15 is 0 Å². The summed E-state index contributed by atoms with van der Waals surface area (Å²) in [4.78, 5) is 4.10. The van der Waals surface area contributed by atoms with E-state index in [1.165, 1.54) is 6.33 Å². The molecule has 1 atom stereocenters. The van der Waals surface area contributed by atoms with Crippen molar-refractivity contribution in [1.82, 2.24) is 14.8 Å². The van der Waals surface area contributed by atoms with Gasteiger partial charge in [-0.05, 0) is 25.1 Å². The van der Waals surface area contributed by atoms with Gasteiger partial charge in [-0.25, -0.2) is 9.67 Å². The van der Waals surface area contributed by atoms with Crippen molar-refractivity contribution in [1.29, 1.82) is 0 Å². The second-order valence-corrected chi connectivity index (χ2v) is 4.58. The standard InChI is InChI=1S/C12H14BrN3O2/c1-3-16-12(14-7-15-16)11(17)9-6-8(18-2)4-5-10(9)13/h4-7,11,17H,3H2,1-2H3. The highest BCUT2D eigenvalue weighted by Crippen LogP contribution is 2.30. The highest BCUT2D eigenvalue weighted by atomic mass is 79.9. The SMILES string of the molecule is CCn1ncnc1C(O)c1cc(OC)ccc1Br. The third kappa shape index (κ3) is 2.39. The monoisotopic (exact) mass is 311 g/mol. The van der Waals surface area contributed by atoms with Gasteiger partial charge in [0.15, 0.2) is 5.82 Å². The minimum Gasteiger partial charge on any atom is -0.497 e. The van der Waals surface area contributed by atoms with Crippen LogP contribution in [0.4, 0.5) is 0 Å². The van der Waals surface area contributed by atoms with Crippen LogP contribution >= 0.6 is 15.9 Å². The van der Waals surface area contributed by atoms with Crippen molar-refractivity contribution in [2.75, 3.05) is 7.11 Å². The first-order chi connectivity index (χ1) is 8.67. The lowest BCUT2D eigenvalue weighted by molar-refractivity contribution is 0.201. The van der Waals surface area contributed by atoms with Gasteiger partial charge in [0.1, 0.15) is 18.2 Å². The Bertz CT molecular complexity index is 542. The maximum absolute atomic E-state index is 10.4. The first-order valence-corrected chi connectivity index (χ1v) is 6.35. The smallest absolute Gasteiger partial charge is 0.160 e. The fourth-order valence-electron chi connectivity index (χ4n) is 1.73. The first kappa shape index (κ1) is 13.0. The zero-order valence-electron chi connectivity index (χ0n) is 10.2. The molecule has 0 radical (unpaired) electrons. The summed E-state index contributed by atoms with van der Waals surface area (Å²) in [5.41, 5.74) is 0.706. The molecule has 1 aromatic heterocycles. The molecule has 1 N–H and O–H groups in total. The van der Waals surface area contributed by atoms with Crippen LogP contribution in [0.1, 0.15) is 24.4 Å². The molecule has 0 saturated heterocycles. The maximum Gasteiger partial charge on any atom is 0.160 e. The lowest BCUT2D eigenvalue weighted by Gasteiger charge is -2.14. The van der Waals surface area contributed by atoms with Gasteiger partial charge in [0.2, 0.25) is 0 Å². The second-order valence-electron chi connectivity index (χ2n) is 3.72. The number of hydrogen-bond acceptors (Lipinski definition) is 4. The van der Waals surface area contributed by atoms with Crippen LogP contribution in [0, 0.1) is 0 Å². The van der Waals surface area contributed by atoms with Gasteiger partial charge in [0.25, 0.3) is 0 Å². The minimum absolute atomic E-state index is 0.520. The number of hydrogen-bond donors (Lipinski definition) is 1. The highest BCUT2D eigenvalue weighted by molar-refractivity contribution is 9.10. The molecule has 0 amide bonds. The fourth-order valence-corrected chi connectivity index (χ4v) is 2.19. The molecule has 2 rings (SSSR count). The van der Waals surface area contributed by atoms with Crippen LogP contribution in [-0.2, 0) is 6.54 Å². The van der Waals surface area contributed by atoms with Gasteiger partial charge in [-0.1, -0.05) is 15.9 Å². The Morgan fingerprint density at radius 2 is 2.28 bits per heavy atom. The van der Waals surface area contributed by atoms with E-state index < -0.39 is 6.10 Å². The quantitative estimate of drug-likeness (QED) is 0.940. The van der Waals surface area contributed by atoms with Crippen molar-refractivity contribution in [3.05, 3.63) is 40.4 Å². The van der Waals surface area contributed by atoms with Gasteiger partial charge in [0.05, 0.1) is 7.11 Å². The van der Waals surface area contributed by atoms with Crippen LogP contribution < -0.4 is 4.74 Å². The van der Waals surface area contributed by atoms with Crippen molar-refractivity contribution < 1.29 is 9.84 Å². The third-order valence-electron chi connectivity index (χ3n) is 2.69. The number of aliphatic hydroxyl groups excluding tert-OH is 1. The Morgan fingerprint density at radius 3 is 2.94 bits per heavy atom. The molecule has 18 heavy (non-hydrogen) atoms. The van der Waals surface area contributed by atoms with Crippen LogP contribution in [0.2, 0.25) is 0 Å². The summed E-state index contributed by atoms with van der Waals surface area (Å²) in [5.74, 6) is 1.21. The van der Waals surface area contributed by atoms with Crippen molar-refractivity contribution in [3.8, 4) is 5.75 Å². The van der Waals surface area contributed by atoms with Gasteiger partial charge in [-0.2, -0.15) is 5.10 Å². The zero-order valence-corrected chi connectivity index (χ0v) is 11.8. The molecule has 5 nitrogen and oxygen atoms in total. The summed E-state index contributed by atoms with van der Waals surface area (Å²) < 4.78 is 7.63. The Kier molecular flexibility index (Phi) is 3.98. The van der Waals surface area contributed by atoms with Crippen LogP contribution in [0.15, 0.2) is 29.0 Å². The molecule has 0 aliphatic heterocycles. The largest absolute Gasteiger partial charge is 0.497 e. The first-order valence-electron chi connectivity index (χ1n) is 5.56. The molecule has 96 valence electrons. The van der Waals surface area contributed by atoms with Gasteiger partial charge < -0.3 is 9.84 Å². The number of halogens is 1. The van der Waals surface area contributed by atoms with Crippen LogP contribution in [0.5, 0.6) is 5.75 Å². The normalized spacial score (nSPS) is 12.4. The zero-order chi connectivity index (χ0) is 13.1. The van der Waals surface area contributed by atoms with Crippen LogP contribution in [-0.4, -0.2) is 27.0 Å². The van der Waals surface area contributed by atoms with Gasteiger partial charge in [0, 0.05) is 16.6 Å². The number of rotatable bonds is 4. The highest BCUT2D eigenvalue weighted by Gasteiger charge is 2.19. The number of nitrogens with zero attached hydrogens (tertiary/aromatic N) is 3. The number of methoxy groups -OCH3 is 1. The van der Waals surface area contributed by atoms with Gasteiger partial charge >= 0.3 is 0 Å². The summed E-state index contributed by atoms with van der Waals surface area (Å²) in [6.07, 6.45) is 0.604. The predicted molar refractivity (Wildman–Crippen MR) is 70.5 cm³/mol. The molecular weight excluding hydrogens is 298 g/mol. The molecule has 0 saturated carbocycles. The van der Waals surface area contributed by atoms with E-state index in [2.05, 4.69) is 26.0 Å². The third-order valence-corrected chi connectivity index (χ3v) is 3.41. The molecule has 6 heteroatoms. The van der Waals surface area contributed by atoms with Gasteiger partial charge in [-0.15, -0.1) is 0 Å². The Hall–Kier alpha value is -1.40. The lowest BCUT2D eigenvalue weighted by Crippen LogP contribution is -2.11. The number of ether oxygens (including phenoxy) is 1. The minimum atomic E-state index is -0.836. The molecule has 0 spiro atoms. The molecule has 0 fully saturated rings. The number of aromatic nitrogens is 3. The summed E-state index contributed by atoms with van der Waals surface area (Å²) in [5, 5.41) is 14.4. The number of aliphatic hydroxyl groups is 1. The molecular formula is C12H14BrN3O2. The van der Waals surface area contributed by atoms with E-state index in [1.54, 1.807) is 17.9 Å². The summed E-state index contributed by atoms with van der Waals surface area (Å²) in [7, 11) is 1.59. The molecule has 2 aromatic rings. The summed E-state index contributed by atoms with van der Waals surface area (Å²) in [6, 6.07) is 5.44. The van der Waals surface area contributed by atoms with E-state index in [1.807, 2.05) is 19.1 Å². The summed E-state index contributed by atoms with van der Waals surface area (Å²) in [6.45, 7) is 2.61. The van der Waals surface area contributed by atoms with E-state index in [4.69, 9.17) is 4.74 Å². The molecule has 1 heterocycles. The Balaban J connectivity index is 2.42.